The first-order chi connectivity index (χ1) is 16.3. The van der Waals surface area contributed by atoms with Crippen LogP contribution in [0.2, 0.25) is 0 Å². The van der Waals surface area contributed by atoms with E-state index in [0.717, 1.165) is 16.0 Å². The molecule has 1 aromatic rings. The van der Waals surface area contributed by atoms with Crippen LogP contribution in [0.3, 0.4) is 0 Å². The molecule has 0 bridgehead atoms. The summed E-state index contributed by atoms with van der Waals surface area (Å²) in [6, 6.07) is 5.33. The van der Waals surface area contributed by atoms with Crippen LogP contribution in [0.5, 0.6) is 0 Å². The Hall–Kier alpha value is -3.19. The van der Waals surface area contributed by atoms with E-state index in [1.54, 1.807) is 39.8 Å². The van der Waals surface area contributed by atoms with Gasteiger partial charge in [-0.25, -0.2) is 4.79 Å². The fourth-order valence-electron chi connectivity index (χ4n) is 3.27. The topological polar surface area (TPSA) is 114 Å². The summed E-state index contributed by atoms with van der Waals surface area (Å²) in [5.41, 5.74) is 1.44. The number of carbonyl (C=O) groups excluding carboxylic acids is 4. The van der Waals surface area contributed by atoms with Crippen molar-refractivity contribution >= 4 is 36.5 Å². The van der Waals surface area contributed by atoms with Gasteiger partial charge in [0.25, 0.3) is 5.91 Å². The third-order valence-corrected chi connectivity index (χ3v) is 4.91. The summed E-state index contributed by atoms with van der Waals surface area (Å²) in [5.74, 6) is -1.84. The van der Waals surface area contributed by atoms with Crippen molar-refractivity contribution in [2.24, 2.45) is 0 Å². The molecular weight excluding hydrogens is 470 g/mol. The molecule has 0 aliphatic heterocycles. The lowest BCUT2D eigenvalue weighted by Gasteiger charge is -2.30. The van der Waals surface area contributed by atoms with Crippen LogP contribution in [0.1, 0.15) is 56.8 Å². The molecule has 3 amide bonds. The first-order valence-electron chi connectivity index (χ1n) is 11.2. The predicted molar refractivity (Wildman–Crippen MR) is 136 cm³/mol. The van der Waals surface area contributed by atoms with E-state index in [4.69, 9.17) is 15.9 Å². The van der Waals surface area contributed by atoms with E-state index in [0.29, 0.717) is 5.56 Å². The van der Waals surface area contributed by atoms with Crippen molar-refractivity contribution in [1.82, 2.24) is 15.5 Å². The Bertz CT molecular complexity index is 947. The molecule has 2 N–H and O–H groups in total. The minimum Gasteiger partial charge on any atom is -0.466 e. The van der Waals surface area contributed by atoms with Gasteiger partial charge in [0.1, 0.15) is 17.7 Å². The number of terminal acetylenes is 1. The lowest BCUT2D eigenvalue weighted by atomic mass is 9.99. The Morgan fingerprint density at radius 1 is 1.14 bits per heavy atom. The van der Waals surface area contributed by atoms with Crippen LogP contribution < -0.4 is 10.6 Å². The molecule has 0 saturated heterocycles. The molecule has 10 heteroatoms. The van der Waals surface area contributed by atoms with Crippen molar-refractivity contribution in [3.05, 3.63) is 34.9 Å². The van der Waals surface area contributed by atoms with Gasteiger partial charge in [-0.2, -0.15) is 12.6 Å². The Morgan fingerprint density at radius 3 is 2.23 bits per heavy atom. The molecule has 2 atom stereocenters. The minimum absolute atomic E-state index is 0.00226. The molecule has 0 fully saturated rings. The van der Waals surface area contributed by atoms with E-state index in [-0.39, 0.29) is 25.3 Å². The van der Waals surface area contributed by atoms with E-state index in [2.05, 4.69) is 29.3 Å². The molecule has 0 aliphatic carbocycles. The smallest absolute Gasteiger partial charge is 0.408 e. The van der Waals surface area contributed by atoms with Crippen molar-refractivity contribution in [2.45, 2.75) is 65.6 Å². The van der Waals surface area contributed by atoms with E-state index >= 15 is 0 Å². The quantitative estimate of drug-likeness (QED) is 0.195. The van der Waals surface area contributed by atoms with E-state index in [1.165, 1.54) is 0 Å². The van der Waals surface area contributed by atoms with Crippen LogP contribution in [0.4, 0.5) is 4.79 Å². The zero-order chi connectivity index (χ0) is 26.8. The van der Waals surface area contributed by atoms with Gasteiger partial charge in [0.15, 0.2) is 0 Å². The van der Waals surface area contributed by atoms with Crippen molar-refractivity contribution in [3.8, 4) is 12.5 Å². The summed E-state index contributed by atoms with van der Waals surface area (Å²) in [5, 5.41) is 5.11. The predicted octanol–water partition coefficient (Wildman–Crippen LogP) is 2.66. The molecule has 0 spiro atoms. The highest BCUT2D eigenvalue weighted by Gasteiger charge is 2.35. The van der Waals surface area contributed by atoms with Gasteiger partial charge in [-0.3, -0.25) is 19.3 Å². The Balaban J connectivity index is 3.25. The van der Waals surface area contributed by atoms with Gasteiger partial charge < -0.3 is 20.1 Å². The number of nitrogens with one attached hydrogen (secondary N) is 2. The number of alkyl carbamates (subject to hydrolysis) is 1. The lowest BCUT2D eigenvalue weighted by Crippen LogP contribution is -2.52. The Labute approximate surface area is 212 Å². The maximum Gasteiger partial charge on any atom is 0.408 e. The second-order valence-corrected chi connectivity index (χ2v) is 9.25. The average molecular weight is 506 g/mol. The molecule has 0 aromatic heterocycles. The standard InChI is InChI=1S/C25H35N3O6S/c1-8-28(23(31)19(15-35)27-24(32)34-25(5,6)7)21(18-13-16(3)12-17(4)14-18)22(30)26-11-10-20(29)33-9-2/h1,12-14,19,21,35H,9-11,15H2,2-7H3,(H,26,30)(H,27,32). The van der Waals surface area contributed by atoms with Crippen LogP contribution in [0.15, 0.2) is 18.2 Å². The second kappa shape index (κ2) is 13.6. The molecule has 0 radical (unpaired) electrons. The number of aryl methyl sites for hydroxylation is 2. The van der Waals surface area contributed by atoms with Crippen LogP contribution in [0, 0.1) is 26.3 Å². The highest BCUT2D eigenvalue weighted by molar-refractivity contribution is 7.80. The number of thiol groups is 1. The first kappa shape index (κ1) is 29.8. The van der Waals surface area contributed by atoms with Crippen molar-refractivity contribution in [1.29, 1.82) is 0 Å². The third-order valence-electron chi connectivity index (χ3n) is 4.55. The average Bonchev–Trinajstić information content (AvgIpc) is 2.73. The fraction of sp³-hybridized carbons (Fsp3) is 0.520. The summed E-state index contributed by atoms with van der Waals surface area (Å²) in [4.78, 5) is 51.4. The summed E-state index contributed by atoms with van der Waals surface area (Å²) in [6.45, 7) is 10.7. The number of hydrogen-bond acceptors (Lipinski definition) is 7. The zero-order valence-corrected chi connectivity index (χ0v) is 22.0. The SMILES string of the molecule is C#CN(C(=O)C(CS)NC(=O)OC(C)(C)C)C(C(=O)NCCC(=O)OCC)c1cc(C)cc(C)c1. The number of ether oxygens (including phenoxy) is 2. The van der Waals surface area contributed by atoms with E-state index in [1.807, 2.05) is 19.9 Å². The molecule has 0 saturated carbocycles. The summed E-state index contributed by atoms with van der Waals surface area (Å²) in [7, 11) is 0. The maximum absolute atomic E-state index is 13.4. The van der Waals surface area contributed by atoms with Gasteiger partial charge in [-0.1, -0.05) is 35.7 Å². The largest absolute Gasteiger partial charge is 0.466 e. The number of hydrogen-bond donors (Lipinski definition) is 3. The summed E-state index contributed by atoms with van der Waals surface area (Å²) < 4.78 is 10.1. The van der Waals surface area contributed by atoms with Gasteiger partial charge >= 0.3 is 12.1 Å². The second-order valence-electron chi connectivity index (χ2n) is 8.89. The molecule has 0 heterocycles. The summed E-state index contributed by atoms with van der Waals surface area (Å²) in [6.07, 6.45) is 4.84. The number of carbonyl (C=O) groups is 4. The normalized spacial score (nSPS) is 12.5. The van der Waals surface area contributed by atoms with Crippen molar-refractivity contribution in [3.63, 3.8) is 0 Å². The third kappa shape index (κ3) is 9.91. The van der Waals surface area contributed by atoms with Gasteiger partial charge in [0.2, 0.25) is 5.91 Å². The summed E-state index contributed by atoms with van der Waals surface area (Å²) >= 11 is 4.18. The molecule has 1 rings (SSSR count). The molecule has 1 aromatic carbocycles. The highest BCUT2D eigenvalue weighted by Crippen LogP contribution is 2.24. The van der Waals surface area contributed by atoms with E-state index in [9.17, 15) is 19.2 Å². The van der Waals surface area contributed by atoms with Gasteiger partial charge in [0.05, 0.1) is 13.0 Å². The molecule has 2 unspecified atom stereocenters. The molecular formula is C25H35N3O6S. The molecule has 35 heavy (non-hydrogen) atoms. The van der Waals surface area contributed by atoms with Gasteiger partial charge in [-0.05, 0) is 47.1 Å². The fourth-order valence-corrected chi connectivity index (χ4v) is 3.52. The van der Waals surface area contributed by atoms with Gasteiger partial charge in [-0.15, -0.1) is 0 Å². The van der Waals surface area contributed by atoms with Crippen molar-refractivity contribution in [2.75, 3.05) is 18.9 Å². The number of amides is 3. The van der Waals surface area contributed by atoms with Crippen LogP contribution in [-0.2, 0) is 23.9 Å². The van der Waals surface area contributed by atoms with Crippen LogP contribution in [0.25, 0.3) is 0 Å². The first-order valence-corrected chi connectivity index (χ1v) is 11.9. The van der Waals surface area contributed by atoms with E-state index < -0.39 is 41.6 Å². The Kier molecular flexibility index (Phi) is 11.6. The van der Waals surface area contributed by atoms with Crippen LogP contribution in [-0.4, -0.2) is 59.3 Å². The Morgan fingerprint density at radius 2 is 1.74 bits per heavy atom. The molecule has 0 aliphatic rings. The number of esters is 1. The van der Waals surface area contributed by atoms with Crippen LogP contribution >= 0.6 is 12.6 Å². The monoisotopic (exact) mass is 505 g/mol. The van der Waals surface area contributed by atoms with Crippen molar-refractivity contribution < 1.29 is 28.7 Å². The minimum atomic E-state index is -1.21. The number of benzene rings is 1. The molecule has 9 nitrogen and oxygen atoms in total. The lowest BCUT2D eigenvalue weighted by molar-refractivity contribution is -0.143. The maximum atomic E-state index is 13.4. The number of nitrogens with zero attached hydrogens (tertiary/aromatic N) is 1. The molecule has 192 valence electrons. The van der Waals surface area contributed by atoms with Gasteiger partial charge in [0, 0.05) is 18.3 Å². The number of rotatable bonds is 10. The zero-order valence-electron chi connectivity index (χ0n) is 21.1. The highest BCUT2D eigenvalue weighted by atomic mass is 32.1.